The third-order valence-corrected chi connectivity index (χ3v) is 5.87. The molecule has 1 atom stereocenters. The monoisotopic (exact) mass is 396 g/mol. The Morgan fingerprint density at radius 2 is 2.04 bits per heavy atom. The summed E-state index contributed by atoms with van der Waals surface area (Å²) in [5.74, 6) is 0.0134. The fraction of sp³-hybridized carbons (Fsp3) is 0.450. The van der Waals surface area contributed by atoms with Crippen molar-refractivity contribution in [1.29, 1.82) is 0 Å². The van der Waals surface area contributed by atoms with Gasteiger partial charge in [-0.1, -0.05) is 18.2 Å². The van der Waals surface area contributed by atoms with Crippen molar-refractivity contribution in [2.24, 2.45) is 0 Å². The Bertz CT molecular complexity index is 761. The van der Waals surface area contributed by atoms with Gasteiger partial charge in [-0.15, -0.1) is 11.3 Å². The first-order valence-electron chi connectivity index (χ1n) is 8.99. The Hall–Kier alpha value is -1.86. The average molecular weight is 396 g/mol. The fourth-order valence-corrected chi connectivity index (χ4v) is 4.24. The minimum atomic E-state index is -4.37. The molecular weight excluding hydrogens is 373 g/mol. The summed E-state index contributed by atoms with van der Waals surface area (Å²) in [4.78, 5) is 17.7. The highest BCUT2D eigenvalue weighted by molar-refractivity contribution is 7.09. The van der Waals surface area contributed by atoms with Crippen LogP contribution in [-0.2, 0) is 24.1 Å². The average Bonchev–Trinajstić information content (AvgIpc) is 3.05. The SMILES string of the molecule is CN(Cc1cccs1)C1CCC(=O)N(Cc2cccc(C(F)(F)F)c2)CC1. The first kappa shape index (κ1) is 19.9. The third kappa shape index (κ3) is 5.32. The van der Waals surface area contributed by atoms with Crippen LogP contribution in [-0.4, -0.2) is 35.3 Å². The number of hydrogen-bond acceptors (Lipinski definition) is 3. The van der Waals surface area contributed by atoms with Gasteiger partial charge in [0.25, 0.3) is 0 Å². The van der Waals surface area contributed by atoms with Crippen molar-refractivity contribution < 1.29 is 18.0 Å². The molecule has 146 valence electrons. The summed E-state index contributed by atoms with van der Waals surface area (Å²) in [6, 6.07) is 9.67. The molecule has 1 unspecified atom stereocenters. The summed E-state index contributed by atoms with van der Waals surface area (Å²) in [7, 11) is 2.07. The van der Waals surface area contributed by atoms with E-state index in [-0.39, 0.29) is 12.5 Å². The molecule has 0 aliphatic carbocycles. The largest absolute Gasteiger partial charge is 0.416 e. The Morgan fingerprint density at radius 1 is 1.22 bits per heavy atom. The number of thiophene rings is 1. The minimum Gasteiger partial charge on any atom is -0.338 e. The van der Waals surface area contributed by atoms with Crippen LogP contribution in [0.1, 0.15) is 35.3 Å². The molecule has 1 aliphatic rings. The molecule has 27 heavy (non-hydrogen) atoms. The Kier molecular flexibility index (Phi) is 6.22. The zero-order valence-electron chi connectivity index (χ0n) is 15.2. The van der Waals surface area contributed by atoms with Crippen LogP contribution >= 0.6 is 11.3 Å². The molecule has 3 nitrogen and oxygen atoms in total. The van der Waals surface area contributed by atoms with Gasteiger partial charge in [0.2, 0.25) is 5.91 Å². The minimum absolute atomic E-state index is 0.0134. The lowest BCUT2D eigenvalue weighted by atomic mass is 10.1. The number of nitrogens with zero attached hydrogens (tertiary/aromatic N) is 2. The van der Waals surface area contributed by atoms with E-state index in [1.54, 1.807) is 22.3 Å². The predicted molar refractivity (Wildman–Crippen MR) is 100 cm³/mol. The zero-order chi connectivity index (χ0) is 19.4. The van der Waals surface area contributed by atoms with E-state index in [0.29, 0.717) is 24.6 Å². The molecule has 1 fully saturated rings. The van der Waals surface area contributed by atoms with E-state index in [0.717, 1.165) is 31.5 Å². The zero-order valence-corrected chi connectivity index (χ0v) is 16.0. The van der Waals surface area contributed by atoms with Crippen molar-refractivity contribution >= 4 is 17.2 Å². The lowest BCUT2D eigenvalue weighted by Crippen LogP contribution is -2.33. The number of alkyl halides is 3. The molecule has 0 spiro atoms. The molecule has 1 aliphatic heterocycles. The molecule has 3 rings (SSSR count). The molecule has 1 amide bonds. The number of benzene rings is 1. The van der Waals surface area contributed by atoms with Crippen LogP contribution < -0.4 is 0 Å². The second-order valence-corrected chi connectivity index (χ2v) is 8.02. The van der Waals surface area contributed by atoms with Gasteiger partial charge in [-0.2, -0.15) is 13.2 Å². The molecular formula is C20H23F3N2OS. The van der Waals surface area contributed by atoms with Crippen molar-refractivity contribution in [3.63, 3.8) is 0 Å². The standard InChI is InChI=1S/C20H23F3N2OS/c1-24(14-18-6-3-11-27-18)17-7-8-19(26)25(10-9-17)13-15-4-2-5-16(12-15)20(21,22)23/h2-6,11-12,17H,7-10,13-14H2,1H3. The lowest BCUT2D eigenvalue weighted by molar-refractivity contribution is -0.137. The summed E-state index contributed by atoms with van der Waals surface area (Å²) < 4.78 is 38.7. The predicted octanol–water partition coefficient (Wildman–Crippen LogP) is 4.78. The highest BCUT2D eigenvalue weighted by Crippen LogP contribution is 2.30. The van der Waals surface area contributed by atoms with Gasteiger partial charge in [0.15, 0.2) is 0 Å². The van der Waals surface area contributed by atoms with Crippen LogP contribution in [0.5, 0.6) is 0 Å². The topological polar surface area (TPSA) is 23.6 Å². The number of likely N-dealkylation sites (tertiary alicyclic amines) is 1. The Labute approximate surface area is 161 Å². The molecule has 1 saturated heterocycles. The van der Waals surface area contributed by atoms with Crippen molar-refractivity contribution in [2.45, 2.75) is 44.6 Å². The van der Waals surface area contributed by atoms with Crippen molar-refractivity contribution in [2.75, 3.05) is 13.6 Å². The molecule has 0 bridgehead atoms. The maximum absolute atomic E-state index is 12.9. The van der Waals surface area contributed by atoms with Crippen LogP contribution in [0.25, 0.3) is 0 Å². The second kappa shape index (κ2) is 8.44. The summed E-state index contributed by atoms with van der Waals surface area (Å²) in [5.41, 5.74) is -0.153. The molecule has 0 saturated carbocycles. The van der Waals surface area contributed by atoms with Gasteiger partial charge in [-0.3, -0.25) is 9.69 Å². The van der Waals surface area contributed by atoms with E-state index in [9.17, 15) is 18.0 Å². The fourth-order valence-electron chi connectivity index (χ4n) is 3.47. The quantitative estimate of drug-likeness (QED) is 0.726. The van der Waals surface area contributed by atoms with Crippen LogP contribution in [0.2, 0.25) is 0 Å². The Balaban J connectivity index is 1.62. The molecule has 0 N–H and O–H groups in total. The van der Waals surface area contributed by atoms with Gasteiger partial charge in [-0.05, 0) is 49.0 Å². The van der Waals surface area contributed by atoms with Gasteiger partial charge in [-0.25, -0.2) is 0 Å². The van der Waals surface area contributed by atoms with Crippen molar-refractivity contribution in [3.05, 3.63) is 57.8 Å². The van der Waals surface area contributed by atoms with Crippen LogP contribution in [0.15, 0.2) is 41.8 Å². The molecule has 1 aromatic carbocycles. The maximum Gasteiger partial charge on any atom is 0.416 e. The van der Waals surface area contributed by atoms with E-state index in [2.05, 4.69) is 23.4 Å². The molecule has 0 radical (unpaired) electrons. The number of amides is 1. The smallest absolute Gasteiger partial charge is 0.338 e. The number of carbonyl (C=O) groups is 1. The van der Waals surface area contributed by atoms with Crippen molar-refractivity contribution in [3.8, 4) is 0 Å². The number of hydrogen-bond donors (Lipinski definition) is 0. The van der Waals surface area contributed by atoms with E-state index >= 15 is 0 Å². The summed E-state index contributed by atoms with van der Waals surface area (Å²) in [6.45, 7) is 1.64. The maximum atomic E-state index is 12.9. The summed E-state index contributed by atoms with van der Waals surface area (Å²) in [5, 5.41) is 2.05. The van der Waals surface area contributed by atoms with Gasteiger partial charge >= 0.3 is 6.18 Å². The highest BCUT2D eigenvalue weighted by atomic mass is 32.1. The summed E-state index contributed by atoms with van der Waals surface area (Å²) in [6.07, 6.45) is -2.33. The second-order valence-electron chi connectivity index (χ2n) is 6.99. The van der Waals surface area contributed by atoms with Gasteiger partial charge in [0.1, 0.15) is 0 Å². The van der Waals surface area contributed by atoms with Gasteiger partial charge in [0.05, 0.1) is 5.56 Å². The lowest BCUT2D eigenvalue weighted by Gasteiger charge is -2.26. The Morgan fingerprint density at radius 3 is 2.74 bits per heavy atom. The summed E-state index contributed by atoms with van der Waals surface area (Å²) >= 11 is 1.72. The van der Waals surface area contributed by atoms with Gasteiger partial charge < -0.3 is 4.90 Å². The molecule has 7 heteroatoms. The third-order valence-electron chi connectivity index (χ3n) is 5.01. The van der Waals surface area contributed by atoms with Crippen molar-refractivity contribution in [1.82, 2.24) is 9.80 Å². The molecule has 2 aromatic rings. The van der Waals surface area contributed by atoms with E-state index in [1.807, 2.05) is 6.07 Å². The molecule has 2 heterocycles. The van der Waals surface area contributed by atoms with Crippen LogP contribution in [0.4, 0.5) is 13.2 Å². The molecule has 1 aromatic heterocycles. The van der Waals surface area contributed by atoms with Crippen LogP contribution in [0, 0.1) is 0 Å². The van der Waals surface area contributed by atoms with E-state index in [1.165, 1.54) is 10.9 Å². The van der Waals surface area contributed by atoms with E-state index < -0.39 is 11.7 Å². The number of carbonyl (C=O) groups excluding carboxylic acids is 1. The first-order valence-corrected chi connectivity index (χ1v) is 9.87. The van der Waals surface area contributed by atoms with Crippen LogP contribution in [0.3, 0.4) is 0 Å². The number of rotatable bonds is 5. The van der Waals surface area contributed by atoms with E-state index in [4.69, 9.17) is 0 Å². The highest BCUT2D eigenvalue weighted by Gasteiger charge is 2.31. The normalized spacial score (nSPS) is 18.8. The first-order chi connectivity index (χ1) is 12.8. The van der Waals surface area contributed by atoms with Gasteiger partial charge in [0, 0.05) is 37.0 Å². The number of halogens is 3.